The lowest BCUT2D eigenvalue weighted by molar-refractivity contribution is 0.403. The van der Waals surface area contributed by atoms with E-state index in [0.29, 0.717) is 5.69 Å². The van der Waals surface area contributed by atoms with Gasteiger partial charge in [0.05, 0.1) is 7.11 Å². The van der Waals surface area contributed by atoms with Crippen LogP contribution in [0, 0.1) is 0 Å². The molecule has 0 aliphatic heterocycles. The molecular formula is C9H11NO3S. The third kappa shape index (κ3) is 1.88. The summed E-state index contributed by atoms with van der Waals surface area (Å²) in [6, 6.07) is 4.42. The summed E-state index contributed by atoms with van der Waals surface area (Å²) in [5.74, 6) is 0.263. The molecule has 1 aromatic carbocycles. The zero-order chi connectivity index (χ0) is 10.8. The molecule has 1 aromatic rings. The molecule has 0 aliphatic rings. The molecule has 5 heteroatoms. The number of nitrogens with two attached hydrogens (primary N) is 1. The Labute approximate surface area is 82.9 Å². The van der Waals surface area contributed by atoms with Gasteiger partial charge in [0.1, 0.15) is 10.6 Å². The largest absolute Gasteiger partial charge is 0.495 e. The molecule has 0 fully saturated rings. The van der Waals surface area contributed by atoms with E-state index in [4.69, 9.17) is 10.5 Å². The first-order chi connectivity index (χ1) is 6.51. The Bertz CT molecular complexity index is 451. The standard InChI is InChI=1S/C9H11NO3S/c1-3-14(11,12)9-6-7(10)4-5-8(9)13-2/h3-6H,1,10H2,2H3. The predicted molar refractivity (Wildman–Crippen MR) is 54.8 cm³/mol. The van der Waals surface area contributed by atoms with Crippen molar-refractivity contribution in [1.29, 1.82) is 0 Å². The maximum atomic E-state index is 11.5. The Kier molecular flexibility index (Phi) is 2.81. The summed E-state index contributed by atoms with van der Waals surface area (Å²) in [5, 5.41) is 0.865. The molecule has 0 saturated heterocycles. The average Bonchev–Trinajstić information content (AvgIpc) is 2.18. The van der Waals surface area contributed by atoms with E-state index >= 15 is 0 Å². The minimum atomic E-state index is -3.50. The quantitative estimate of drug-likeness (QED) is 0.766. The molecule has 0 spiro atoms. The first-order valence-corrected chi connectivity index (χ1v) is 5.37. The van der Waals surface area contributed by atoms with Crippen molar-refractivity contribution in [3.8, 4) is 5.75 Å². The van der Waals surface area contributed by atoms with Crippen LogP contribution in [0.3, 0.4) is 0 Å². The molecule has 76 valence electrons. The number of methoxy groups -OCH3 is 1. The van der Waals surface area contributed by atoms with E-state index < -0.39 is 9.84 Å². The van der Waals surface area contributed by atoms with Gasteiger partial charge in [-0.15, -0.1) is 0 Å². The van der Waals surface area contributed by atoms with Crippen molar-refractivity contribution < 1.29 is 13.2 Å². The highest BCUT2D eigenvalue weighted by Gasteiger charge is 2.15. The SMILES string of the molecule is C=CS(=O)(=O)c1cc(N)ccc1OC. The zero-order valence-corrected chi connectivity index (χ0v) is 8.54. The van der Waals surface area contributed by atoms with Crippen molar-refractivity contribution in [2.75, 3.05) is 12.8 Å². The number of benzene rings is 1. The molecule has 0 amide bonds. The maximum Gasteiger partial charge on any atom is 0.202 e. The lowest BCUT2D eigenvalue weighted by Crippen LogP contribution is -2.00. The topological polar surface area (TPSA) is 69.4 Å². The van der Waals surface area contributed by atoms with Crippen molar-refractivity contribution in [3.63, 3.8) is 0 Å². The van der Waals surface area contributed by atoms with Crippen LogP contribution in [-0.2, 0) is 9.84 Å². The van der Waals surface area contributed by atoms with Gasteiger partial charge in [-0.3, -0.25) is 0 Å². The van der Waals surface area contributed by atoms with Crippen LogP contribution < -0.4 is 10.5 Å². The summed E-state index contributed by atoms with van der Waals surface area (Å²) in [4.78, 5) is 0.0370. The average molecular weight is 213 g/mol. The van der Waals surface area contributed by atoms with Crippen molar-refractivity contribution >= 4 is 15.5 Å². The molecular weight excluding hydrogens is 202 g/mol. The number of hydrogen-bond donors (Lipinski definition) is 1. The van der Waals surface area contributed by atoms with Crippen LogP contribution in [0.5, 0.6) is 5.75 Å². The number of sulfone groups is 1. The third-order valence-electron chi connectivity index (χ3n) is 1.71. The Hall–Kier alpha value is -1.49. The summed E-state index contributed by atoms with van der Waals surface area (Å²) in [7, 11) is -2.11. The molecule has 1 rings (SSSR count). The minimum absolute atomic E-state index is 0.0370. The van der Waals surface area contributed by atoms with Crippen molar-refractivity contribution in [2.45, 2.75) is 4.90 Å². The summed E-state index contributed by atoms with van der Waals surface area (Å²) in [6.07, 6.45) is 0. The van der Waals surface area contributed by atoms with Gasteiger partial charge in [0.25, 0.3) is 0 Å². The molecule has 0 saturated carbocycles. The molecule has 0 atom stereocenters. The summed E-state index contributed by atoms with van der Waals surface area (Å²) in [5.41, 5.74) is 5.85. The van der Waals surface area contributed by atoms with Crippen molar-refractivity contribution in [3.05, 3.63) is 30.2 Å². The Morgan fingerprint density at radius 1 is 1.50 bits per heavy atom. The second-order valence-electron chi connectivity index (χ2n) is 2.62. The summed E-state index contributed by atoms with van der Waals surface area (Å²) >= 11 is 0. The van der Waals surface area contributed by atoms with E-state index in [9.17, 15) is 8.42 Å². The fourth-order valence-electron chi connectivity index (χ4n) is 1.01. The molecule has 0 aliphatic carbocycles. The molecule has 2 N–H and O–H groups in total. The van der Waals surface area contributed by atoms with Crippen LogP contribution in [0.15, 0.2) is 35.1 Å². The first-order valence-electron chi connectivity index (χ1n) is 3.82. The number of hydrogen-bond acceptors (Lipinski definition) is 4. The van der Waals surface area contributed by atoms with Crippen molar-refractivity contribution in [1.82, 2.24) is 0 Å². The smallest absolute Gasteiger partial charge is 0.202 e. The van der Waals surface area contributed by atoms with Gasteiger partial charge >= 0.3 is 0 Å². The highest BCUT2D eigenvalue weighted by molar-refractivity contribution is 7.94. The highest BCUT2D eigenvalue weighted by Crippen LogP contribution is 2.26. The number of ether oxygens (including phenoxy) is 1. The van der Waals surface area contributed by atoms with E-state index in [1.165, 1.54) is 19.2 Å². The van der Waals surface area contributed by atoms with E-state index in [1.54, 1.807) is 6.07 Å². The van der Waals surface area contributed by atoms with Gasteiger partial charge in [0.15, 0.2) is 0 Å². The fraction of sp³-hybridized carbons (Fsp3) is 0.111. The van der Waals surface area contributed by atoms with Crippen LogP contribution in [0.4, 0.5) is 5.69 Å². The fourth-order valence-corrected chi connectivity index (χ4v) is 1.92. The third-order valence-corrected chi connectivity index (χ3v) is 3.08. The normalized spacial score (nSPS) is 10.9. The lowest BCUT2D eigenvalue weighted by atomic mass is 10.3. The number of nitrogen functional groups attached to an aromatic ring is 1. The molecule has 4 nitrogen and oxygen atoms in total. The Morgan fingerprint density at radius 2 is 2.14 bits per heavy atom. The monoisotopic (exact) mass is 213 g/mol. The van der Waals surface area contributed by atoms with Crippen LogP contribution >= 0.6 is 0 Å². The van der Waals surface area contributed by atoms with Crippen LogP contribution in [0.1, 0.15) is 0 Å². The summed E-state index contributed by atoms with van der Waals surface area (Å²) < 4.78 is 27.9. The van der Waals surface area contributed by atoms with E-state index in [1.807, 2.05) is 0 Å². The van der Waals surface area contributed by atoms with Gasteiger partial charge in [-0.1, -0.05) is 6.58 Å². The van der Waals surface area contributed by atoms with E-state index in [0.717, 1.165) is 5.41 Å². The Morgan fingerprint density at radius 3 is 2.64 bits per heavy atom. The maximum absolute atomic E-state index is 11.5. The van der Waals surface area contributed by atoms with E-state index in [-0.39, 0.29) is 10.6 Å². The molecule has 0 aromatic heterocycles. The second kappa shape index (κ2) is 3.71. The molecule has 0 radical (unpaired) electrons. The molecule has 0 heterocycles. The van der Waals surface area contributed by atoms with Gasteiger partial charge in [-0.2, -0.15) is 0 Å². The second-order valence-corrected chi connectivity index (χ2v) is 4.49. The van der Waals surface area contributed by atoms with Gasteiger partial charge in [0.2, 0.25) is 9.84 Å². The number of anilines is 1. The van der Waals surface area contributed by atoms with E-state index in [2.05, 4.69) is 6.58 Å². The zero-order valence-electron chi connectivity index (χ0n) is 7.73. The van der Waals surface area contributed by atoms with Gasteiger partial charge in [-0.25, -0.2) is 8.42 Å². The molecule has 14 heavy (non-hydrogen) atoms. The van der Waals surface area contributed by atoms with Crippen LogP contribution in [0.25, 0.3) is 0 Å². The summed E-state index contributed by atoms with van der Waals surface area (Å²) in [6.45, 7) is 3.23. The van der Waals surface area contributed by atoms with Crippen LogP contribution in [-0.4, -0.2) is 15.5 Å². The van der Waals surface area contributed by atoms with Gasteiger partial charge in [-0.05, 0) is 18.2 Å². The molecule has 0 unspecified atom stereocenters. The Balaban J connectivity index is 3.46. The minimum Gasteiger partial charge on any atom is -0.495 e. The lowest BCUT2D eigenvalue weighted by Gasteiger charge is -2.07. The highest BCUT2D eigenvalue weighted by atomic mass is 32.2. The number of rotatable bonds is 3. The van der Waals surface area contributed by atoms with Crippen molar-refractivity contribution in [2.24, 2.45) is 0 Å². The molecule has 0 bridgehead atoms. The predicted octanol–water partition coefficient (Wildman–Crippen LogP) is 1.19. The first kappa shape index (κ1) is 10.6. The van der Waals surface area contributed by atoms with Gasteiger partial charge < -0.3 is 10.5 Å². The van der Waals surface area contributed by atoms with Gasteiger partial charge in [0, 0.05) is 11.1 Å². The van der Waals surface area contributed by atoms with Crippen LogP contribution in [0.2, 0.25) is 0 Å².